The molecule has 0 N–H and O–H groups in total. The molecule has 1 aliphatic heterocycles. The summed E-state index contributed by atoms with van der Waals surface area (Å²) in [6.45, 7) is 6.50. The summed E-state index contributed by atoms with van der Waals surface area (Å²) in [6.07, 6.45) is 4.63. The molecule has 5 nitrogen and oxygen atoms in total. The van der Waals surface area contributed by atoms with Gasteiger partial charge in [0.25, 0.3) is 5.91 Å². The molecule has 1 aliphatic rings. The van der Waals surface area contributed by atoms with Crippen molar-refractivity contribution in [2.75, 3.05) is 6.61 Å². The molecule has 1 amide bonds. The molecule has 0 bridgehead atoms. The molecule has 33 heavy (non-hydrogen) atoms. The van der Waals surface area contributed by atoms with E-state index in [1.54, 1.807) is 9.58 Å². The molecule has 0 aliphatic carbocycles. The first-order valence-corrected chi connectivity index (χ1v) is 12.4. The average Bonchev–Trinajstić information content (AvgIpc) is 3.36. The minimum Gasteiger partial charge on any atom is -0.492 e. The number of thioether (sulfide) groups is 1. The number of hydrogen-bond acceptors (Lipinski definition) is 5. The third kappa shape index (κ3) is 4.86. The Morgan fingerprint density at radius 2 is 1.97 bits per heavy atom. The van der Waals surface area contributed by atoms with Crippen LogP contribution in [0.1, 0.15) is 32.8 Å². The fraction of sp³-hybridized carbons (Fsp3) is 0.240. The van der Waals surface area contributed by atoms with Crippen molar-refractivity contribution in [2.24, 2.45) is 0 Å². The van der Waals surface area contributed by atoms with Crippen molar-refractivity contribution in [3.8, 4) is 22.7 Å². The van der Waals surface area contributed by atoms with Crippen LogP contribution in [0.3, 0.4) is 0 Å². The van der Waals surface area contributed by atoms with E-state index in [-0.39, 0.29) is 11.9 Å². The first-order valence-electron chi connectivity index (χ1n) is 10.8. The fourth-order valence-electron chi connectivity index (χ4n) is 3.53. The van der Waals surface area contributed by atoms with Gasteiger partial charge in [0, 0.05) is 23.4 Å². The van der Waals surface area contributed by atoms with Gasteiger partial charge in [0.15, 0.2) is 0 Å². The Kier molecular flexibility index (Phi) is 7.22. The van der Waals surface area contributed by atoms with E-state index >= 15 is 0 Å². The Balaban J connectivity index is 1.80. The zero-order valence-corrected chi connectivity index (χ0v) is 21.0. The van der Waals surface area contributed by atoms with Crippen LogP contribution in [0.2, 0.25) is 5.02 Å². The Morgan fingerprint density at radius 1 is 1.21 bits per heavy atom. The van der Waals surface area contributed by atoms with Crippen LogP contribution in [-0.4, -0.2) is 37.6 Å². The predicted molar refractivity (Wildman–Crippen MR) is 140 cm³/mol. The van der Waals surface area contributed by atoms with Gasteiger partial charge in [0.05, 0.1) is 22.2 Å². The molecular formula is C25H24ClN3O2S2. The summed E-state index contributed by atoms with van der Waals surface area (Å²) in [5, 5.41) is 5.34. The number of carbonyl (C=O) groups is 1. The number of ether oxygens (including phenoxy) is 1. The lowest BCUT2D eigenvalue weighted by Crippen LogP contribution is -2.36. The van der Waals surface area contributed by atoms with Crippen molar-refractivity contribution in [1.82, 2.24) is 14.7 Å². The van der Waals surface area contributed by atoms with Crippen LogP contribution < -0.4 is 4.74 Å². The van der Waals surface area contributed by atoms with E-state index in [0.29, 0.717) is 26.6 Å². The summed E-state index contributed by atoms with van der Waals surface area (Å²) in [6, 6.07) is 15.5. The maximum Gasteiger partial charge on any atom is 0.266 e. The minimum absolute atomic E-state index is 0.0554. The van der Waals surface area contributed by atoms with Gasteiger partial charge in [-0.3, -0.25) is 9.69 Å². The molecule has 1 fully saturated rings. The monoisotopic (exact) mass is 497 g/mol. The molecule has 2 heterocycles. The lowest BCUT2D eigenvalue weighted by atomic mass is 10.1. The van der Waals surface area contributed by atoms with Gasteiger partial charge in [-0.2, -0.15) is 5.10 Å². The zero-order valence-electron chi connectivity index (χ0n) is 18.6. The van der Waals surface area contributed by atoms with Crippen LogP contribution in [0.15, 0.2) is 59.6 Å². The number of amides is 1. The van der Waals surface area contributed by atoms with Crippen LogP contribution in [0.5, 0.6) is 5.75 Å². The molecule has 2 aromatic carbocycles. The van der Waals surface area contributed by atoms with Crippen molar-refractivity contribution < 1.29 is 9.53 Å². The van der Waals surface area contributed by atoms with E-state index in [9.17, 15) is 4.79 Å². The number of para-hydroxylation sites is 1. The first-order chi connectivity index (χ1) is 15.9. The zero-order chi connectivity index (χ0) is 23.5. The summed E-state index contributed by atoms with van der Waals surface area (Å²) in [7, 11) is 0. The number of hydrogen-bond donors (Lipinski definition) is 0. The highest BCUT2D eigenvalue weighted by Gasteiger charge is 2.35. The molecule has 0 radical (unpaired) electrons. The highest BCUT2D eigenvalue weighted by molar-refractivity contribution is 8.26. The summed E-state index contributed by atoms with van der Waals surface area (Å²) < 4.78 is 7.96. The van der Waals surface area contributed by atoms with Gasteiger partial charge in [-0.05, 0) is 56.7 Å². The highest BCUT2D eigenvalue weighted by Crippen LogP contribution is 2.37. The van der Waals surface area contributed by atoms with Crippen molar-refractivity contribution in [2.45, 2.75) is 33.2 Å². The molecule has 0 spiro atoms. The maximum atomic E-state index is 13.1. The smallest absolute Gasteiger partial charge is 0.266 e. The summed E-state index contributed by atoms with van der Waals surface area (Å²) in [5.74, 6) is 0.559. The molecule has 8 heteroatoms. The molecule has 170 valence electrons. The Hall–Kier alpha value is -2.61. The number of carbonyl (C=O) groups excluding carboxylic acids is 1. The van der Waals surface area contributed by atoms with Crippen molar-refractivity contribution in [3.63, 3.8) is 0 Å². The van der Waals surface area contributed by atoms with E-state index in [0.717, 1.165) is 28.9 Å². The average molecular weight is 498 g/mol. The largest absolute Gasteiger partial charge is 0.492 e. The van der Waals surface area contributed by atoms with E-state index in [4.69, 9.17) is 33.7 Å². The van der Waals surface area contributed by atoms with E-state index in [2.05, 4.69) is 0 Å². The van der Waals surface area contributed by atoms with Crippen LogP contribution in [0, 0.1) is 0 Å². The number of benzene rings is 2. The van der Waals surface area contributed by atoms with Crippen LogP contribution in [0.25, 0.3) is 23.0 Å². The van der Waals surface area contributed by atoms with Gasteiger partial charge in [0.1, 0.15) is 15.8 Å². The predicted octanol–water partition coefficient (Wildman–Crippen LogP) is 6.59. The first kappa shape index (κ1) is 23.5. The van der Waals surface area contributed by atoms with Crippen LogP contribution in [0.4, 0.5) is 0 Å². The van der Waals surface area contributed by atoms with Gasteiger partial charge in [-0.1, -0.05) is 60.7 Å². The number of halogens is 1. The van der Waals surface area contributed by atoms with Crippen LogP contribution in [-0.2, 0) is 4.79 Å². The molecule has 3 aromatic rings. The summed E-state index contributed by atoms with van der Waals surface area (Å²) in [4.78, 5) is 15.4. The van der Waals surface area contributed by atoms with Crippen molar-refractivity contribution in [1.29, 1.82) is 0 Å². The Bertz CT molecular complexity index is 1220. The molecule has 4 rings (SSSR count). The summed E-state index contributed by atoms with van der Waals surface area (Å²) >= 11 is 13.3. The topological polar surface area (TPSA) is 47.4 Å². The maximum absolute atomic E-state index is 13.1. The third-order valence-corrected chi connectivity index (χ3v) is 7.04. The van der Waals surface area contributed by atoms with Crippen molar-refractivity contribution >= 4 is 51.9 Å². The van der Waals surface area contributed by atoms with E-state index in [1.807, 2.05) is 81.6 Å². The van der Waals surface area contributed by atoms with Gasteiger partial charge in [-0.25, -0.2) is 4.68 Å². The fourth-order valence-corrected chi connectivity index (χ4v) is 5.22. The third-order valence-electron chi connectivity index (χ3n) is 5.41. The lowest BCUT2D eigenvalue weighted by Gasteiger charge is -2.21. The second-order valence-electron chi connectivity index (χ2n) is 7.60. The van der Waals surface area contributed by atoms with Gasteiger partial charge < -0.3 is 4.74 Å². The minimum atomic E-state index is -0.0671. The van der Waals surface area contributed by atoms with Gasteiger partial charge in [-0.15, -0.1) is 0 Å². The standard InChI is InChI=1S/C25H24ClN3O2S2/c1-4-16(3)29-24(30)22(33-25(29)32)14-18-15-28(19-9-7-6-8-10-19)27-23(18)17-11-12-21(31-5-2)20(26)13-17/h6-16H,4-5H2,1-3H3/b22-14-/t16-/m0/s1. The number of thiocarbonyl (C=S) groups is 1. The molecule has 1 saturated heterocycles. The lowest BCUT2D eigenvalue weighted by molar-refractivity contribution is -0.123. The van der Waals surface area contributed by atoms with Crippen molar-refractivity contribution in [3.05, 3.63) is 70.2 Å². The highest BCUT2D eigenvalue weighted by atomic mass is 35.5. The van der Waals surface area contributed by atoms with E-state index in [1.165, 1.54) is 11.8 Å². The molecule has 1 atom stereocenters. The number of nitrogens with zero attached hydrogens (tertiary/aromatic N) is 3. The molecule has 1 aromatic heterocycles. The number of aromatic nitrogens is 2. The molecule has 0 unspecified atom stereocenters. The second kappa shape index (κ2) is 10.1. The SMILES string of the molecule is CCOc1ccc(-c2nn(-c3ccccc3)cc2/C=C2\SC(=S)N([C@@H](C)CC)C2=O)cc1Cl. The Morgan fingerprint density at radius 3 is 2.64 bits per heavy atom. The van der Waals surface area contributed by atoms with Gasteiger partial charge in [0.2, 0.25) is 0 Å². The van der Waals surface area contributed by atoms with E-state index < -0.39 is 0 Å². The summed E-state index contributed by atoms with van der Waals surface area (Å²) in [5.41, 5.74) is 3.28. The second-order valence-corrected chi connectivity index (χ2v) is 9.68. The molecular weight excluding hydrogens is 474 g/mol. The van der Waals surface area contributed by atoms with Gasteiger partial charge >= 0.3 is 0 Å². The Labute approximate surface area is 208 Å². The number of rotatable bonds is 7. The quantitative estimate of drug-likeness (QED) is 0.272. The normalized spacial score (nSPS) is 16.0. The van der Waals surface area contributed by atoms with Crippen LogP contribution >= 0.6 is 35.6 Å². The molecule has 0 saturated carbocycles.